The average Bonchev–Trinajstić information content (AvgIpc) is 3.36. The lowest BCUT2D eigenvalue weighted by atomic mass is 9.94. The second-order valence-electron chi connectivity index (χ2n) is 9.78. The summed E-state index contributed by atoms with van der Waals surface area (Å²) in [5, 5.41) is 17.2. The van der Waals surface area contributed by atoms with Crippen molar-refractivity contribution >= 4 is 22.4 Å². The lowest BCUT2D eigenvalue weighted by Crippen LogP contribution is -2.39. The lowest BCUT2D eigenvalue weighted by molar-refractivity contribution is -0.118. The second kappa shape index (κ2) is 10.7. The minimum Gasteiger partial charge on any atom is -0.494 e. The predicted octanol–water partition coefficient (Wildman–Crippen LogP) is 4.64. The summed E-state index contributed by atoms with van der Waals surface area (Å²) in [6.07, 6.45) is 3.33. The van der Waals surface area contributed by atoms with E-state index in [0.717, 1.165) is 34.6 Å². The highest BCUT2D eigenvalue weighted by Gasteiger charge is 2.52. The Labute approximate surface area is 221 Å². The zero-order chi connectivity index (χ0) is 26.0. The summed E-state index contributed by atoms with van der Waals surface area (Å²) in [6.45, 7) is 6.86. The first-order valence-corrected chi connectivity index (χ1v) is 13.5. The number of amides is 1. The zero-order valence-corrected chi connectivity index (χ0v) is 22.1. The van der Waals surface area contributed by atoms with Gasteiger partial charge in [0.1, 0.15) is 5.75 Å². The van der Waals surface area contributed by atoms with Crippen LogP contribution >= 0.6 is 11.3 Å². The molecular weight excluding hydrogens is 490 g/mol. The van der Waals surface area contributed by atoms with Gasteiger partial charge >= 0.3 is 0 Å². The number of aromatic nitrogens is 1. The predicted molar refractivity (Wildman–Crippen MR) is 143 cm³/mol. The van der Waals surface area contributed by atoms with Crippen LogP contribution in [0.15, 0.2) is 48.7 Å². The van der Waals surface area contributed by atoms with Gasteiger partial charge in [0.15, 0.2) is 16.6 Å². The molecule has 5 rings (SSSR count). The molecule has 1 aliphatic carbocycles. The Morgan fingerprint density at radius 2 is 1.97 bits per heavy atom. The Hall–Kier alpha value is -3.14. The molecule has 0 spiro atoms. The number of rotatable bonds is 11. The summed E-state index contributed by atoms with van der Waals surface area (Å²) in [4.78, 5) is 18.9. The molecule has 0 bridgehead atoms. The van der Waals surface area contributed by atoms with Crippen LogP contribution in [0, 0.1) is 5.92 Å². The van der Waals surface area contributed by atoms with Crippen LogP contribution in [-0.2, 0) is 10.2 Å². The Morgan fingerprint density at radius 1 is 1.19 bits per heavy atom. The molecule has 3 N–H and O–H groups in total. The largest absolute Gasteiger partial charge is 0.494 e. The maximum absolute atomic E-state index is 13.4. The van der Waals surface area contributed by atoms with Gasteiger partial charge in [-0.05, 0) is 49.4 Å². The summed E-state index contributed by atoms with van der Waals surface area (Å²) in [6, 6.07) is 13.2. The molecule has 37 heavy (non-hydrogen) atoms. The van der Waals surface area contributed by atoms with Crippen molar-refractivity contribution in [3.8, 4) is 17.2 Å². The van der Waals surface area contributed by atoms with Crippen molar-refractivity contribution in [2.75, 3.05) is 25.3 Å². The maximum atomic E-state index is 13.4. The molecule has 2 aliphatic rings. The van der Waals surface area contributed by atoms with Crippen molar-refractivity contribution in [2.24, 2.45) is 5.92 Å². The van der Waals surface area contributed by atoms with Crippen LogP contribution in [0.25, 0.3) is 0 Å². The number of aliphatic hydroxyl groups is 1. The van der Waals surface area contributed by atoms with Crippen molar-refractivity contribution < 1.29 is 24.1 Å². The molecule has 0 saturated heterocycles. The standard InChI is InChI=1S/C28H33N3O5S/c1-4-34-21-8-6-5-7-19(21)25(30-20(15-32)17(2)3)24-14-29-27(37-24)31-26(33)28(11-12-28)18-9-10-22-23(13-18)36-16-35-22/h5-10,13-14,17,20,25,30,32H,4,11-12,15-16H2,1-3H3,(H,29,31,33)/t20-,25?/m0/s1. The van der Waals surface area contributed by atoms with Crippen molar-refractivity contribution in [2.45, 2.75) is 51.1 Å². The third-order valence-electron chi connectivity index (χ3n) is 7.05. The number of nitrogens with zero attached hydrogens (tertiary/aromatic N) is 1. The summed E-state index contributed by atoms with van der Waals surface area (Å²) in [7, 11) is 0. The molecule has 3 aromatic rings. The van der Waals surface area contributed by atoms with Gasteiger partial charge in [-0.1, -0.05) is 49.4 Å². The van der Waals surface area contributed by atoms with E-state index in [9.17, 15) is 9.90 Å². The highest BCUT2D eigenvalue weighted by atomic mass is 32.1. The number of carbonyl (C=O) groups excluding carboxylic acids is 1. The lowest BCUT2D eigenvalue weighted by Gasteiger charge is -2.27. The molecule has 196 valence electrons. The van der Waals surface area contributed by atoms with Gasteiger partial charge in [0.25, 0.3) is 0 Å². The summed E-state index contributed by atoms with van der Waals surface area (Å²) in [5.41, 5.74) is 1.31. The van der Waals surface area contributed by atoms with E-state index in [0.29, 0.717) is 23.2 Å². The molecule has 2 heterocycles. The van der Waals surface area contributed by atoms with E-state index in [1.807, 2.05) is 49.4 Å². The topological polar surface area (TPSA) is 102 Å². The Balaban J connectivity index is 1.39. The summed E-state index contributed by atoms with van der Waals surface area (Å²) < 4.78 is 16.8. The molecule has 8 nitrogen and oxygen atoms in total. The highest BCUT2D eigenvalue weighted by Crippen LogP contribution is 2.51. The van der Waals surface area contributed by atoms with Gasteiger partial charge in [0.05, 0.1) is 24.7 Å². The Morgan fingerprint density at radius 3 is 2.70 bits per heavy atom. The highest BCUT2D eigenvalue weighted by molar-refractivity contribution is 7.15. The van der Waals surface area contributed by atoms with Gasteiger partial charge in [0, 0.05) is 22.7 Å². The van der Waals surface area contributed by atoms with Crippen LogP contribution in [-0.4, -0.2) is 42.0 Å². The van der Waals surface area contributed by atoms with Gasteiger partial charge in [-0.25, -0.2) is 4.98 Å². The van der Waals surface area contributed by atoms with Gasteiger partial charge < -0.3 is 30.0 Å². The zero-order valence-electron chi connectivity index (χ0n) is 21.3. The molecule has 1 saturated carbocycles. The SMILES string of the molecule is CCOc1ccccc1C(N[C@@H](CO)C(C)C)c1cnc(NC(=O)C2(c3ccc4c(c3)OCO4)CC2)s1. The number of nitrogens with one attached hydrogen (secondary N) is 2. The van der Waals surface area contributed by atoms with E-state index in [4.69, 9.17) is 14.2 Å². The Bertz CT molecular complexity index is 1260. The van der Waals surface area contributed by atoms with Crippen LogP contribution in [0.2, 0.25) is 0 Å². The van der Waals surface area contributed by atoms with E-state index in [1.165, 1.54) is 11.3 Å². The number of thiazole rings is 1. The van der Waals surface area contributed by atoms with E-state index in [2.05, 4.69) is 29.5 Å². The van der Waals surface area contributed by atoms with Crippen molar-refractivity contribution in [1.82, 2.24) is 10.3 Å². The molecule has 1 fully saturated rings. The number of carbonyl (C=O) groups is 1. The van der Waals surface area contributed by atoms with Crippen molar-refractivity contribution in [3.63, 3.8) is 0 Å². The normalized spacial score (nSPS) is 16.9. The number of para-hydroxylation sites is 1. The number of hydrogen-bond acceptors (Lipinski definition) is 8. The van der Waals surface area contributed by atoms with Gasteiger partial charge in [0.2, 0.25) is 12.7 Å². The number of benzene rings is 2. The molecule has 1 amide bonds. The summed E-state index contributed by atoms with van der Waals surface area (Å²) in [5.74, 6) is 2.32. The van der Waals surface area contributed by atoms with E-state index in [-0.39, 0.29) is 37.3 Å². The molecule has 2 aromatic carbocycles. The third-order valence-corrected chi connectivity index (χ3v) is 8.03. The number of ether oxygens (including phenoxy) is 3. The summed E-state index contributed by atoms with van der Waals surface area (Å²) >= 11 is 1.43. The van der Waals surface area contributed by atoms with Crippen LogP contribution in [0.4, 0.5) is 5.13 Å². The fourth-order valence-electron chi connectivity index (χ4n) is 4.66. The average molecular weight is 524 g/mol. The van der Waals surface area contributed by atoms with Crippen molar-refractivity contribution in [3.05, 3.63) is 64.7 Å². The number of anilines is 1. The van der Waals surface area contributed by atoms with Crippen LogP contribution in [0.5, 0.6) is 17.2 Å². The van der Waals surface area contributed by atoms with Crippen LogP contribution in [0.3, 0.4) is 0 Å². The van der Waals surface area contributed by atoms with E-state index in [1.54, 1.807) is 6.20 Å². The Kier molecular flexibility index (Phi) is 7.37. The minimum absolute atomic E-state index is 0.00537. The molecule has 1 aromatic heterocycles. The first kappa shape index (κ1) is 25.5. The van der Waals surface area contributed by atoms with Gasteiger partial charge in [-0.2, -0.15) is 0 Å². The molecule has 0 radical (unpaired) electrons. The third kappa shape index (κ3) is 5.16. The minimum atomic E-state index is -0.578. The van der Waals surface area contributed by atoms with E-state index >= 15 is 0 Å². The number of hydrogen-bond donors (Lipinski definition) is 3. The second-order valence-corrected chi connectivity index (χ2v) is 10.8. The first-order valence-electron chi connectivity index (χ1n) is 12.7. The van der Waals surface area contributed by atoms with Crippen LogP contribution < -0.4 is 24.8 Å². The molecule has 1 unspecified atom stereocenters. The smallest absolute Gasteiger partial charge is 0.236 e. The fraction of sp³-hybridized carbons (Fsp3) is 0.429. The van der Waals surface area contributed by atoms with Gasteiger partial charge in [-0.3, -0.25) is 4.79 Å². The number of aliphatic hydroxyl groups excluding tert-OH is 1. The maximum Gasteiger partial charge on any atom is 0.236 e. The first-order chi connectivity index (χ1) is 17.9. The van der Waals surface area contributed by atoms with Crippen molar-refractivity contribution in [1.29, 1.82) is 0 Å². The molecule has 2 atom stereocenters. The van der Waals surface area contributed by atoms with Gasteiger partial charge in [-0.15, -0.1) is 0 Å². The fourth-order valence-corrected chi connectivity index (χ4v) is 5.55. The van der Waals surface area contributed by atoms with E-state index < -0.39 is 5.41 Å². The molecular formula is C28H33N3O5S. The monoisotopic (exact) mass is 523 g/mol. The van der Waals surface area contributed by atoms with Crippen LogP contribution in [0.1, 0.15) is 55.7 Å². The number of fused-ring (bicyclic) bond motifs is 1. The molecule has 9 heteroatoms. The molecule has 1 aliphatic heterocycles. The quantitative estimate of drug-likeness (QED) is 0.337.